The van der Waals surface area contributed by atoms with E-state index in [1.54, 1.807) is 10.8 Å². The topological polar surface area (TPSA) is 95.9 Å². The number of pyridine rings is 1. The molecule has 9 nitrogen and oxygen atoms in total. The molecular formula is C38H44FN5O4. The Morgan fingerprint density at radius 3 is 2.56 bits per heavy atom. The first-order chi connectivity index (χ1) is 23.0. The number of amides is 2. The van der Waals surface area contributed by atoms with Crippen molar-refractivity contribution in [3.63, 3.8) is 0 Å². The molecule has 2 saturated heterocycles. The van der Waals surface area contributed by atoms with E-state index in [2.05, 4.69) is 43.4 Å². The maximum atomic E-state index is 16.1. The van der Waals surface area contributed by atoms with Crippen LogP contribution < -0.4 is 20.8 Å². The number of hydrogen-bond donors (Lipinski definition) is 2. The van der Waals surface area contributed by atoms with Gasteiger partial charge in [-0.25, -0.2) is 4.39 Å². The highest BCUT2D eigenvalue weighted by atomic mass is 19.1. The van der Waals surface area contributed by atoms with Crippen LogP contribution in [-0.2, 0) is 4.79 Å². The Bertz CT molecular complexity index is 1980. The van der Waals surface area contributed by atoms with Crippen molar-refractivity contribution >= 4 is 39.2 Å². The summed E-state index contributed by atoms with van der Waals surface area (Å²) in [5, 5.41) is 8.22. The Morgan fingerprint density at radius 2 is 1.83 bits per heavy atom. The molecule has 2 fully saturated rings. The smallest absolute Gasteiger partial charge is 0.256 e. The molecule has 2 N–H and O–H groups in total. The normalized spacial score (nSPS) is 19.1. The van der Waals surface area contributed by atoms with E-state index in [4.69, 9.17) is 4.74 Å². The predicted octanol–water partition coefficient (Wildman–Crippen LogP) is 6.30. The Morgan fingerprint density at radius 1 is 1.06 bits per heavy atom. The van der Waals surface area contributed by atoms with Crippen molar-refractivity contribution in [3.05, 3.63) is 70.3 Å². The monoisotopic (exact) mass is 653 g/mol. The number of hydrogen-bond acceptors (Lipinski definition) is 6. The molecule has 3 aliphatic rings. The summed E-state index contributed by atoms with van der Waals surface area (Å²) >= 11 is 0. The fraction of sp³-hybridized carbons (Fsp3) is 0.447. The van der Waals surface area contributed by atoms with Crippen molar-refractivity contribution in [2.75, 3.05) is 45.1 Å². The van der Waals surface area contributed by atoms with Crippen LogP contribution in [0.3, 0.4) is 0 Å². The molecule has 2 atom stereocenters. The number of nitrogens with zero attached hydrogens (tertiary/aromatic N) is 3. The number of aromatic nitrogens is 1. The molecule has 0 radical (unpaired) electrons. The molecule has 0 aliphatic carbocycles. The van der Waals surface area contributed by atoms with Crippen LogP contribution in [0, 0.1) is 17.2 Å². The zero-order chi connectivity index (χ0) is 33.7. The lowest BCUT2D eigenvalue weighted by atomic mass is 9.92. The van der Waals surface area contributed by atoms with Gasteiger partial charge >= 0.3 is 0 Å². The SMILES string of the molecule is CN1CCCC1CCNC(=O)c1cn2c3c(c(NCC4CCN(C(=O)CC(C)(C)C)C4)c(F)cc3c1=O)Oc1cc3ccccc3cc1-2. The summed E-state index contributed by atoms with van der Waals surface area (Å²) in [4.78, 5) is 44.4. The maximum Gasteiger partial charge on any atom is 0.256 e. The Labute approximate surface area is 280 Å². The van der Waals surface area contributed by atoms with Gasteiger partial charge in [0.15, 0.2) is 17.3 Å². The van der Waals surface area contributed by atoms with Gasteiger partial charge in [0.2, 0.25) is 11.3 Å². The Kier molecular flexibility index (Phi) is 8.39. The molecule has 0 bridgehead atoms. The minimum Gasteiger partial charge on any atom is -0.451 e. The van der Waals surface area contributed by atoms with Crippen LogP contribution in [0.4, 0.5) is 10.1 Å². The molecule has 2 amide bonds. The van der Waals surface area contributed by atoms with Crippen LogP contribution in [0.5, 0.6) is 11.5 Å². The second kappa shape index (κ2) is 12.5. The second-order valence-electron chi connectivity index (χ2n) is 14.9. The molecule has 4 aromatic rings. The van der Waals surface area contributed by atoms with Crippen molar-refractivity contribution < 1.29 is 18.7 Å². The van der Waals surface area contributed by atoms with Crippen LogP contribution in [0.2, 0.25) is 0 Å². The average molecular weight is 654 g/mol. The molecule has 252 valence electrons. The number of carbonyl (C=O) groups is 2. The number of fused-ring (bicyclic) bond motifs is 3. The predicted molar refractivity (Wildman–Crippen MR) is 187 cm³/mol. The van der Waals surface area contributed by atoms with Crippen molar-refractivity contribution in [3.8, 4) is 17.2 Å². The quantitative estimate of drug-likeness (QED) is 0.204. The highest BCUT2D eigenvalue weighted by Crippen LogP contribution is 2.46. The molecule has 48 heavy (non-hydrogen) atoms. The first kappa shape index (κ1) is 32.1. The summed E-state index contributed by atoms with van der Waals surface area (Å²) in [5.74, 6) is -0.135. The van der Waals surface area contributed by atoms with Gasteiger partial charge in [0.1, 0.15) is 16.8 Å². The molecule has 3 aromatic carbocycles. The molecule has 0 saturated carbocycles. The summed E-state index contributed by atoms with van der Waals surface area (Å²) < 4.78 is 24.3. The molecule has 4 heterocycles. The third-order valence-electron chi connectivity index (χ3n) is 10.1. The van der Waals surface area contributed by atoms with E-state index in [0.717, 1.165) is 43.0 Å². The van der Waals surface area contributed by atoms with Gasteiger partial charge in [-0.15, -0.1) is 0 Å². The van der Waals surface area contributed by atoms with Crippen LogP contribution >= 0.6 is 0 Å². The van der Waals surface area contributed by atoms with Gasteiger partial charge in [0.05, 0.1) is 11.1 Å². The maximum absolute atomic E-state index is 16.1. The number of likely N-dealkylation sites (tertiary alicyclic amines) is 2. The first-order valence-electron chi connectivity index (χ1n) is 17.1. The van der Waals surface area contributed by atoms with Gasteiger partial charge in [-0.3, -0.25) is 14.4 Å². The average Bonchev–Trinajstić information content (AvgIpc) is 3.69. The summed E-state index contributed by atoms with van der Waals surface area (Å²) in [5.41, 5.74) is 0.553. The van der Waals surface area contributed by atoms with Crippen LogP contribution in [0.15, 0.2) is 53.5 Å². The highest BCUT2D eigenvalue weighted by molar-refractivity contribution is 6.02. The van der Waals surface area contributed by atoms with Crippen molar-refractivity contribution in [1.82, 2.24) is 19.7 Å². The third kappa shape index (κ3) is 6.14. The number of benzene rings is 3. The summed E-state index contributed by atoms with van der Waals surface area (Å²) in [6.07, 6.45) is 5.88. The molecule has 2 unspecified atom stereocenters. The van der Waals surface area contributed by atoms with Crippen molar-refractivity contribution in [1.29, 1.82) is 0 Å². The van der Waals surface area contributed by atoms with Crippen molar-refractivity contribution in [2.24, 2.45) is 11.3 Å². The largest absolute Gasteiger partial charge is 0.451 e. The van der Waals surface area contributed by atoms with Gasteiger partial charge in [0, 0.05) is 44.8 Å². The number of ether oxygens (including phenoxy) is 1. The van der Waals surface area contributed by atoms with Crippen LogP contribution in [-0.4, -0.2) is 72.0 Å². The number of halogens is 1. The van der Waals surface area contributed by atoms with Crippen molar-refractivity contribution in [2.45, 2.75) is 58.9 Å². The Balaban J connectivity index is 1.23. The summed E-state index contributed by atoms with van der Waals surface area (Å²) in [6, 6.07) is 13.4. The van der Waals surface area contributed by atoms with Gasteiger partial charge in [-0.05, 0) is 79.6 Å². The van der Waals surface area contributed by atoms with Gasteiger partial charge in [-0.2, -0.15) is 0 Å². The van der Waals surface area contributed by atoms with E-state index >= 15 is 4.39 Å². The molecule has 10 heteroatoms. The number of carbonyl (C=O) groups excluding carboxylic acids is 2. The van der Waals surface area contributed by atoms with E-state index in [-0.39, 0.29) is 39.6 Å². The molecular weight excluding hydrogens is 609 g/mol. The number of anilines is 1. The van der Waals surface area contributed by atoms with Gasteiger partial charge in [-0.1, -0.05) is 45.0 Å². The van der Waals surface area contributed by atoms with E-state index in [1.165, 1.54) is 6.07 Å². The zero-order valence-electron chi connectivity index (χ0n) is 28.2. The first-order valence-corrected chi connectivity index (χ1v) is 17.1. The third-order valence-corrected chi connectivity index (χ3v) is 10.1. The molecule has 7 rings (SSSR count). The van der Waals surface area contributed by atoms with E-state index in [0.29, 0.717) is 55.6 Å². The number of rotatable bonds is 8. The standard InChI is InChI=1S/C38H44FN5O4/c1-38(2,3)19-32(45)43-15-12-23(21-43)20-41-33-29(39)18-27-34-36(33)48-31-17-25-9-6-5-8-24(25)16-30(31)44(34)22-28(35(27)46)37(47)40-13-11-26-10-7-14-42(26)4/h5-6,8-9,16-18,22-23,26,41H,7,10-15,19-21H2,1-4H3,(H,40,47). The lowest BCUT2D eigenvalue weighted by molar-refractivity contribution is -0.132. The van der Waals surface area contributed by atoms with Gasteiger partial charge < -0.3 is 29.7 Å². The Hall–Kier alpha value is -4.44. The van der Waals surface area contributed by atoms with E-state index in [1.807, 2.05) is 41.3 Å². The minimum atomic E-state index is -0.633. The van der Waals surface area contributed by atoms with Crippen LogP contribution in [0.25, 0.3) is 27.4 Å². The van der Waals surface area contributed by atoms with E-state index < -0.39 is 17.2 Å². The zero-order valence-corrected chi connectivity index (χ0v) is 28.2. The second-order valence-corrected chi connectivity index (χ2v) is 14.9. The minimum absolute atomic E-state index is 0.0414. The fourth-order valence-corrected chi connectivity index (χ4v) is 7.46. The lowest BCUT2D eigenvalue weighted by Crippen LogP contribution is -2.34. The van der Waals surface area contributed by atoms with Crippen LogP contribution in [0.1, 0.15) is 63.2 Å². The summed E-state index contributed by atoms with van der Waals surface area (Å²) in [7, 11) is 2.09. The highest BCUT2D eigenvalue weighted by Gasteiger charge is 2.32. The number of nitrogens with one attached hydrogen (secondary N) is 2. The molecule has 1 aromatic heterocycles. The summed E-state index contributed by atoms with van der Waals surface area (Å²) in [6.45, 7) is 9.36. The van der Waals surface area contributed by atoms with Gasteiger partial charge in [0.25, 0.3) is 5.91 Å². The lowest BCUT2D eigenvalue weighted by Gasteiger charge is -2.27. The molecule has 0 spiro atoms. The van der Waals surface area contributed by atoms with E-state index in [9.17, 15) is 14.4 Å². The molecule has 3 aliphatic heterocycles. The fourth-order valence-electron chi connectivity index (χ4n) is 7.46.